The number of hydrogen-bond acceptors (Lipinski definition) is 7. The number of benzene rings is 2. The van der Waals surface area contributed by atoms with Gasteiger partial charge in [0.1, 0.15) is 5.69 Å². The molecule has 0 aliphatic carbocycles. The number of anilines is 1. The van der Waals surface area contributed by atoms with E-state index in [9.17, 15) is 0 Å². The van der Waals surface area contributed by atoms with Crippen LogP contribution in [0.2, 0.25) is 0 Å². The molecule has 5 N–H and O–H groups in total. The fourth-order valence-corrected chi connectivity index (χ4v) is 2.12. The first kappa shape index (κ1) is 17.7. The SMILES string of the molecule is Nc1nc(-c2ccccc2)c(-c2ccccc2)n1N.[O-][Cl+3]([O-])([O-])O. The Morgan fingerprint density at radius 3 is 1.75 bits per heavy atom. The number of nitrogens with two attached hydrogens (primary N) is 2. The molecule has 0 fully saturated rings. The predicted molar refractivity (Wildman–Crippen MR) is 79.9 cm³/mol. The summed E-state index contributed by atoms with van der Waals surface area (Å²) >= 11 is 0. The molecule has 0 aliphatic heterocycles. The second kappa shape index (κ2) is 7.30. The van der Waals surface area contributed by atoms with E-state index in [1.54, 1.807) is 0 Å². The van der Waals surface area contributed by atoms with Crippen LogP contribution in [-0.4, -0.2) is 14.3 Å². The lowest BCUT2D eigenvalue weighted by Crippen LogP contribution is -2.58. The zero-order valence-corrected chi connectivity index (χ0v) is 13.1. The molecule has 24 heavy (non-hydrogen) atoms. The fourth-order valence-electron chi connectivity index (χ4n) is 2.12. The Bertz CT molecular complexity index is 782. The first-order valence-corrected chi connectivity index (χ1v) is 7.91. The van der Waals surface area contributed by atoms with Crippen LogP contribution in [-0.2, 0) is 0 Å². The van der Waals surface area contributed by atoms with Crippen LogP contribution in [0, 0.1) is 10.2 Å². The molecule has 1 aromatic heterocycles. The first-order valence-electron chi connectivity index (χ1n) is 6.64. The third-order valence-corrected chi connectivity index (χ3v) is 3.03. The number of nitrogens with zero attached hydrogens (tertiary/aromatic N) is 2. The fraction of sp³-hybridized carbons (Fsp3) is 0. The molecule has 2 aromatic carbocycles. The zero-order chi connectivity index (χ0) is 17.7. The van der Waals surface area contributed by atoms with Gasteiger partial charge < -0.3 is 11.6 Å². The maximum absolute atomic E-state index is 8.60. The van der Waals surface area contributed by atoms with Crippen molar-refractivity contribution in [2.75, 3.05) is 11.6 Å². The van der Waals surface area contributed by atoms with Gasteiger partial charge in [-0.2, -0.15) is 14.0 Å². The van der Waals surface area contributed by atoms with Gasteiger partial charge in [0.25, 0.3) is 0 Å². The minimum absolute atomic E-state index is 0.303. The van der Waals surface area contributed by atoms with Gasteiger partial charge in [-0.05, 0) is 0 Å². The van der Waals surface area contributed by atoms with Gasteiger partial charge in [0, 0.05) is 11.1 Å². The highest BCUT2D eigenvalue weighted by Gasteiger charge is 2.16. The van der Waals surface area contributed by atoms with Crippen LogP contribution in [0.4, 0.5) is 5.95 Å². The molecule has 1 heterocycles. The van der Waals surface area contributed by atoms with Crippen molar-refractivity contribution in [2.45, 2.75) is 0 Å². The van der Waals surface area contributed by atoms with E-state index in [1.165, 1.54) is 4.68 Å². The molecule has 3 rings (SSSR count). The highest BCUT2D eigenvalue weighted by atomic mass is 35.7. The molecule has 0 aliphatic rings. The Labute approximate surface area is 139 Å². The van der Waals surface area contributed by atoms with E-state index in [4.69, 9.17) is 30.2 Å². The quantitative estimate of drug-likeness (QED) is 0.468. The van der Waals surface area contributed by atoms with E-state index in [1.807, 2.05) is 60.7 Å². The molecule has 9 heteroatoms. The van der Waals surface area contributed by atoms with Gasteiger partial charge in [-0.25, -0.2) is 9.66 Å². The molecule has 0 atom stereocenters. The summed E-state index contributed by atoms with van der Waals surface area (Å²) in [5.41, 5.74) is 9.46. The molecule has 0 saturated heterocycles. The summed E-state index contributed by atoms with van der Waals surface area (Å²) in [7, 11) is -4.69. The van der Waals surface area contributed by atoms with Crippen LogP contribution < -0.4 is 25.6 Å². The summed E-state index contributed by atoms with van der Waals surface area (Å²) in [5.74, 6) is 6.31. The predicted octanol–water partition coefficient (Wildman–Crippen LogP) is -1.61. The number of aromatic nitrogens is 2. The second-order valence-corrected chi connectivity index (χ2v) is 5.46. The van der Waals surface area contributed by atoms with Gasteiger partial charge in [0.05, 0.1) is 20.6 Å². The number of nitrogen functional groups attached to an aromatic ring is 2. The van der Waals surface area contributed by atoms with E-state index in [-0.39, 0.29) is 0 Å². The summed E-state index contributed by atoms with van der Waals surface area (Å²) in [4.78, 5) is 4.37. The van der Waals surface area contributed by atoms with Crippen LogP contribution in [0.5, 0.6) is 0 Å². The summed E-state index contributed by atoms with van der Waals surface area (Å²) in [5, 5.41) is 0. The number of imidazole rings is 1. The van der Waals surface area contributed by atoms with Gasteiger partial charge in [-0.3, -0.25) is 0 Å². The highest BCUT2D eigenvalue weighted by Crippen LogP contribution is 2.31. The monoisotopic (exact) mass is 350 g/mol. The normalized spacial score (nSPS) is 10.8. The van der Waals surface area contributed by atoms with Gasteiger partial charge in [0.15, 0.2) is 0 Å². The molecular weight excluding hydrogens is 336 g/mol. The molecule has 0 radical (unpaired) electrons. The maximum Gasteiger partial charge on any atom is 0.220 e. The average molecular weight is 351 g/mol. The minimum atomic E-state index is -4.69. The van der Waals surface area contributed by atoms with E-state index < -0.39 is 10.2 Å². The molecular formula is C15H15ClN4O4. The Balaban J connectivity index is 0.000000368. The third-order valence-electron chi connectivity index (χ3n) is 3.03. The molecule has 0 bridgehead atoms. The number of hydrogen-bond donors (Lipinski definition) is 3. The van der Waals surface area contributed by atoms with Crippen molar-refractivity contribution in [3.63, 3.8) is 0 Å². The van der Waals surface area contributed by atoms with Gasteiger partial charge >= 0.3 is 0 Å². The highest BCUT2D eigenvalue weighted by molar-refractivity contribution is 5.80. The minimum Gasteiger partial charge on any atom is -0.368 e. The number of rotatable bonds is 2. The van der Waals surface area contributed by atoms with Crippen LogP contribution in [0.15, 0.2) is 60.7 Å². The van der Waals surface area contributed by atoms with Crippen molar-refractivity contribution < 1.29 is 28.9 Å². The van der Waals surface area contributed by atoms with Gasteiger partial charge in [-0.1, -0.05) is 60.7 Å². The summed E-state index contributed by atoms with van der Waals surface area (Å²) in [6.45, 7) is 0. The van der Waals surface area contributed by atoms with Gasteiger partial charge in [0.2, 0.25) is 5.95 Å². The standard InChI is InChI=1S/C15H14N4.ClHO4/c16-15-18-13(11-7-3-1-4-8-11)14(19(15)17)12-9-5-2-6-10-12;2-1(3,4)5/h1-10H,17H2,(H2,16,18);(H,2,3,4,5). The maximum atomic E-state index is 8.60. The largest absolute Gasteiger partial charge is 0.368 e. The summed E-state index contributed by atoms with van der Waals surface area (Å²) in [6.07, 6.45) is 0. The van der Waals surface area contributed by atoms with E-state index in [0.29, 0.717) is 5.95 Å². The van der Waals surface area contributed by atoms with Crippen molar-refractivity contribution in [1.29, 1.82) is 0 Å². The van der Waals surface area contributed by atoms with Crippen molar-refractivity contribution in [1.82, 2.24) is 9.66 Å². The lowest BCUT2D eigenvalue weighted by atomic mass is 10.1. The second-order valence-electron chi connectivity index (χ2n) is 4.67. The topological polar surface area (TPSA) is 159 Å². The Morgan fingerprint density at radius 2 is 1.29 bits per heavy atom. The molecule has 3 aromatic rings. The van der Waals surface area contributed by atoms with Crippen LogP contribution in [0.25, 0.3) is 22.5 Å². The lowest BCUT2D eigenvalue weighted by Gasteiger charge is -2.06. The summed E-state index contributed by atoms with van der Waals surface area (Å²) in [6, 6.07) is 19.8. The molecule has 0 saturated carbocycles. The van der Waals surface area contributed by atoms with Crippen molar-refractivity contribution in [3.05, 3.63) is 60.7 Å². The molecule has 126 valence electrons. The van der Waals surface area contributed by atoms with Crippen molar-refractivity contribution >= 4 is 5.95 Å². The van der Waals surface area contributed by atoms with Crippen LogP contribution in [0.3, 0.4) is 0 Å². The van der Waals surface area contributed by atoms with E-state index in [2.05, 4.69) is 4.98 Å². The first-order chi connectivity index (χ1) is 11.3. The van der Waals surface area contributed by atoms with E-state index in [0.717, 1.165) is 22.5 Å². The third kappa shape index (κ3) is 4.69. The zero-order valence-electron chi connectivity index (χ0n) is 12.4. The van der Waals surface area contributed by atoms with Crippen molar-refractivity contribution in [3.8, 4) is 22.5 Å². The summed E-state index contributed by atoms with van der Waals surface area (Å²) < 4.78 is 34.2. The number of halogens is 1. The molecule has 0 spiro atoms. The van der Waals surface area contributed by atoms with Gasteiger partial charge in [-0.15, -0.1) is 0 Å². The van der Waals surface area contributed by atoms with Crippen molar-refractivity contribution in [2.24, 2.45) is 0 Å². The molecule has 8 nitrogen and oxygen atoms in total. The Morgan fingerprint density at radius 1 is 0.875 bits per heavy atom. The molecule has 0 amide bonds. The molecule has 0 unspecified atom stereocenters. The van der Waals surface area contributed by atoms with E-state index >= 15 is 0 Å². The average Bonchev–Trinajstić information content (AvgIpc) is 2.83. The smallest absolute Gasteiger partial charge is 0.220 e. The van der Waals surface area contributed by atoms with Crippen LogP contribution >= 0.6 is 0 Å². The Kier molecular flexibility index (Phi) is 5.39. The van der Waals surface area contributed by atoms with Crippen LogP contribution in [0.1, 0.15) is 0 Å². The lowest BCUT2D eigenvalue weighted by molar-refractivity contribution is -1.92. The Hall–Kier alpha value is -2.62.